The van der Waals surface area contributed by atoms with Gasteiger partial charge in [0.15, 0.2) is 5.84 Å². The number of amidine groups is 2. The maximum Gasteiger partial charge on any atom is 0.161 e. The van der Waals surface area contributed by atoms with Gasteiger partial charge in [0.05, 0.1) is 0 Å². The van der Waals surface area contributed by atoms with Crippen molar-refractivity contribution in [3.8, 4) is 0 Å². The molecular weight excluding hydrogens is 382 g/mol. The highest BCUT2D eigenvalue weighted by molar-refractivity contribution is 6.11. The molecule has 156 valence electrons. The molecule has 31 heavy (non-hydrogen) atoms. The first-order chi connectivity index (χ1) is 15.2. The van der Waals surface area contributed by atoms with Gasteiger partial charge in [0.1, 0.15) is 5.84 Å². The second kappa shape index (κ2) is 11.4. The summed E-state index contributed by atoms with van der Waals surface area (Å²) >= 11 is 0. The molecule has 0 bridgehead atoms. The number of allylic oxidation sites excluding steroid dienone is 4. The van der Waals surface area contributed by atoms with Gasteiger partial charge in [-0.15, -0.1) is 0 Å². The topological polar surface area (TPSA) is 62.5 Å². The predicted molar refractivity (Wildman–Crippen MR) is 129 cm³/mol. The third kappa shape index (κ3) is 6.31. The quantitative estimate of drug-likeness (QED) is 0.342. The van der Waals surface area contributed by atoms with E-state index < -0.39 is 0 Å². The minimum Gasteiger partial charge on any atom is -0.373 e. The van der Waals surface area contributed by atoms with Crippen molar-refractivity contribution in [2.24, 2.45) is 9.98 Å². The number of benzene rings is 1. The highest BCUT2D eigenvalue weighted by Gasteiger charge is 2.08. The summed E-state index contributed by atoms with van der Waals surface area (Å²) in [6.07, 6.45) is 12.3. The molecule has 0 radical (unpaired) electrons. The molecule has 0 unspecified atom stereocenters. The lowest BCUT2D eigenvalue weighted by molar-refractivity contribution is 1.15. The Morgan fingerprint density at radius 3 is 2.26 bits per heavy atom. The minimum absolute atomic E-state index is 0.605. The van der Waals surface area contributed by atoms with Crippen molar-refractivity contribution in [1.29, 1.82) is 0 Å². The van der Waals surface area contributed by atoms with Gasteiger partial charge in [-0.05, 0) is 54.8 Å². The molecular formula is C26H27N5. The van der Waals surface area contributed by atoms with Crippen LogP contribution in [0.15, 0.2) is 107 Å². The van der Waals surface area contributed by atoms with Crippen LogP contribution in [0.25, 0.3) is 5.57 Å². The van der Waals surface area contributed by atoms with E-state index in [1.54, 1.807) is 24.8 Å². The summed E-state index contributed by atoms with van der Waals surface area (Å²) in [5.74, 6) is 1.30. The number of nitrogens with one attached hydrogen (secondary N) is 1. The summed E-state index contributed by atoms with van der Waals surface area (Å²) in [6, 6.07) is 18.0. The third-order valence-corrected chi connectivity index (χ3v) is 4.51. The maximum absolute atomic E-state index is 4.87. The molecule has 0 atom stereocenters. The van der Waals surface area contributed by atoms with Crippen LogP contribution in [0.1, 0.15) is 37.0 Å². The van der Waals surface area contributed by atoms with Crippen LogP contribution in [0.3, 0.4) is 0 Å². The second-order valence-corrected chi connectivity index (χ2v) is 6.84. The van der Waals surface area contributed by atoms with E-state index in [1.165, 1.54) is 5.56 Å². The molecule has 2 heterocycles. The lowest BCUT2D eigenvalue weighted by Crippen LogP contribution is -2.21. The average molecular weight is 410 g/mol. The molecule has 5 heteroatoms. The van der Waals surface area contributed by atoms with Crippen molar-refractivity contribution >= 4 is 17.2 Å². The van der Waals surface area contributed by atoms with Crippen molar-refractivity contribution in [3.63, 3.8) is 0 Å². The molecule has 3 rings (SSSR count). The Kier molecular flexibility index (Phi) is 8.00. The highest BCUT2D eigenvalue weighted by atomic mass is 15.0. The molecule has 0 aliphatic heterocycles. The fourth-order valence-corrected chi connectivity index (χ4v) is 3.06. The lowest BCUT2D eigenvalue weighted by Gasteiger charge is -2.09. The number of hydrogen-bond donors (Lipinski definition) is 1. The van der Waals surface area contributed by atoms with Crippen LogP contribution in [0.2, 0.25) is 0 Å². The Balaban J connectivity index is 2.06. The SMILES string of the molecule is CC\C=C(/C=C(C)\N=C(/N=C(\NC)c1cccnc1)c1ccncc1)c1ccccc1. The van der Waals surface area contributed by atoms with E-state index in [9.17, 15) is 0 Å². The fraction of sp³-hybridized carbons (Fsp3) is 0.154. The number of nitrogens with zero attached hydrogens (tertiary/aromatic N) is 4. The van der Waals surface area contributed by atoms with Gasteiger partial charge >= 0.3 is 0 Å². The zero-order valence-corrected chi connectivity index (χ0v) is 18.2. The molecule has 0 amide bonds. The van der Waals surface area contributed by atoms with E-state index >= 15 is 0 Å². The number of rotatable bonds is 6. The van der Waals surface area contributed by atoms with Crippen LogP contribution in [0, 0.1) is 0 Å². The molecule has 0 aliphatic carbocycles. The zero-order chi connectivity index (χ0) is 21.9. The number of aromatic nitrogens is 2. The first-order valence-electron chi connectivity index (χ1n) is 10.3. The molecule has 1 aromatic carbocycles. The largest absolute Gasteiger partial charge is 0.373 e. The molecule has 0 spiro atoms. The van der Waals surface area contributed by atoms with Crippen molar-refractivity contribution in [2.45, 2.75) is 20.3 Å². The van der Waals surface area contributed by atoms with Crippen LogP contribution in [0.4, 0.5) is 0 Å². The fourth-order valence-electron chi connectivity index (χ4n) is 3.06. The minimum atomic E-state index is 0.605. The van der Waals surface area contributed by atoms with Gasteiger partial charge in [0, 0.05) is 48.7 Å². The monoisotopic (exact) mass is 409 g/mol. The number of hydrogen-bond acceptors (Lipinski definition) is 3. The summed E-state index contributed by atoms with van der Waals surface area (Å²) in [5, 5.41) is 3.16. The smallest absolute Gasteiger partial charge is 0.161 e. The third-order valence-electron chi connectivity index (χ3n) is 4.51. The molecule has 0 saturated carbocycles. The summed E-state index contributed by atoms with van der Waals surface area (Å²) < 4.78 is 0. The van der Waals surface area contributed by atoms with Crippen molar-refractivity contribution in [1.82, 2.24) is 15.3 Å². The van der Waals surface area contributed by atoms with Crippen LogP contribution >= 0.6 is 0 Å². The van der Waals surface area contributed by atoms with Crippen LogP contribution < -0.4 is 5.32 Å². The first kappa shape index (κ1) is 21.8. The Hall–Kier alpha value is -3.86. The van der Waals surface area contributed by atoms with E-state index in [-0.39, 0.29) is 0 Å². The van der Waals surface area contributed by atoms with E-state index in [2.05, 4.69) is 46.5 Å². The zero-order valence-electron chi connectivity index (χ0n) is 18.2. The summed E-state index contributed by atoms with van der Waals surface area (Å²) in [4.78, 5) is 18.0. The molecule has 2 aromatic heterocycles. The Labute approximate surface area is 184 Å². The van der Waals surface area contributed by atoms with Crippen LogP contribution in [-0.2, 0) is 0 Å². The van der Waals surface area contributed by atoms with Gasteiger partial charge in [-0.25, -0.2) is 9.98 Å². The number of pyridine rings is 2. The molecule has 3 aromatic rings. The van der Waals surface area contributed by atoms with Gasteiger partial charge in [0.25, 0.3) is 0 Å². The van der Waals surface area contributed by atoms with E-state index in [4.69, 9.17) is 9.98 Å². The standard InChI is InChI=1S/C26H27N5/c1-4-9-23(21-10-6-5-7-11-21)18-20(2)30-26(22-13-16-28-17-14-22)31-25(27-3)24-12-8-15-29-19-24/h5-19H,4H2,1-3H3,(H,27,30,31)/b20-18-,23-9+. The summed E-state index contributed by atoms with van der Waals surface area (Å²) in [7, 11) is 1.84. The van der Waals surface area contributed by atoms with Gasteiger partial charge < -0.3 is 5.32 Å². The first-order valence-corrected chi connectivity index (χ1v) is 10.3. The van der Waals surface area contributed by atoms with Gasteiger partial charge in [-0.1, -0.05) is 43.3 Å². The summed E-state index contributed by atoms with van der Waals surface area (Å²) in [5.41, 5.74) is 4.95. The molecule has 1 N–H and O–H groups in total. The molecule has 0 fully saturated rings. The summed E-state index contributed by atoms with van der Waals surface area (Å²) in [6.45, 7) is 4.13. The average Bonchev–Trinajstić information content (AvgIpc) is 2.83. The van der Waals surface area contributed by atoms with E-state index in [0.29, 0.717) is 11.7 Å². The van der Waals surface area contributed by atoms with Crippen molar-refractivity contribution in [2.75, 3.05) is 7.05 Å². The predicted octanol–water partition coefficient (Wildman–Crippen LogP) is 5.29. The van der Waals surface area contributed by atoms with Crippen molar-refractivity contribution < 1.29 is 0 Å². The Morgan fingerprint density at radius 2 is 1.61 bits per heavy atom. The van der Waals surface area contributed by atoms with Crippen LogP contribution in [0.5, 0.6) is 0 Å². The van der Waals surface area contributed by atoms with Crippen LogP contribution in [-0.4, -0.2) is 28.7 Å². The van der Waals surface area contributed by atoms with Crippen molar-refractivity contribution in [3.05, 3.63) is 114 Å². The van der Waals surface area contributed by atoms with E-state index in [1.807, 2.05) is 56.4 Å². The van der Waals surface area contributed by atoms with Gasteiger partial charge in [-0.2, -0.15) is 0 Å². The number of aliphatic imine (C=N–C) groups is 2. The second-order valence-electron chi connectivity index (χ2n) is 6.84. The molecule has 5 nitrogen and oxygen atoms in total. The Bertz CT molecular complexity index is 1080. The molecule has 0 saturated heterocycles. The van der Waals surface area contributed by atoms with Gasteiger partial charge in [0.2, 0.25) is 0 Å². The van der Waals surface area contributed by atoms with E-state index in [0.717, 1.165) is 28.8 Å². The lowest BCUT2D eigenvalue weighted by atomic mass is 10.0. The normalized spacial score (nSPS) is 13.3. The maximum atomic E-state index is 4.87. The van der Waals surface area contributed by atoms with Gasteiger partial charge in [-0.3, -0.25) is 9.97 Å². The highest BCUT2D eigenvalue weighted by Crippen LogP contribution is 2.19. The molecule has 0 aliphatic rings. The Morgan fingerprint density at radius 1 is 0.871 bits per heavy atom.